The number of phenols is 1. The van der Waals surface area contributed by atoms with Crippen molar-refractivity contribution < 1.29 is 9.84 Å². The Balaban J connectivity index is 0.000000686. The van der Waals surface area contributed by atoms with Gasteiger partial charge in [0.25, 0.3) is 0 Å². The molecule has 3 N–H and O–H groups in total. The summed E-state index contributed by atoms with van der Waals surface area (Å²) in [7, 11) is 0. The standard InChI is InChI=1S/C12H11NO2.C2H6/c13-9-2-1-3-12(8-9)15-11-6-4-10(14)5-7-11;1-2/h1-8,14H,13H2;1-2H3. The lowest BCUT2D eigenvalue weighted by Gasteiger charge is -2.05. The monoisotopic (exact) mass is 231 g/mol. The van der Waals surface area contributed by atoms with Crippen LogP contribution in [0, 0.1) is 0 Å². The van der Waals surface area contributed by atoms with E-state index in [4.69, 9.17) is 15.6 Å². The van der Waals surface area contributed by atoms with Gasteiger partial charge in [-0.05, 0) is 36.4 Å². The summed E-state index contributed by atoms with van der Waals surface area (Å²) >= 11 is 0. The molecule has 3 heteroatoms. The van der Waals surface area contributed by atoms with Crippen molar-refractivity contribution in [3.05, 3.63) is 48.5 Å². The minimum atomic E-state index is 0.218. The molecule has 0 fully saturated rings. The SMILES string of the molecule is CC.Nc1cccc(Oc2ccc(O)cc2)c1. The second-order valence-corrected chi connectivity index (χ2v) is 3.17. The molecular formula is C14H17NO2. The highest BCUT2D eigenvalue weighted by Crippen LogP contribution is 2.24. The fourth-order valence-electron chi connectivity index (χ4n) is 1.23. The Labute approximate surface area is 101 Å². The van der Waals surface area contributed by atoms with Gasteiger partial charge in [0.1, 0.15) is 17.2 Å². The van der Waals surface area contributed by atoms with E-state index >= 15 is 0 Å². The summed E-state index contributed by atoms with van der Waals surface area (Å²) in [5.74, 6) is 1.56. The van der Waals surface area contributed by atoms with Gasteiger partial charge in [-0.3, -0.25) is 0 Å². The molecule has 0 saturated carbocycles. The Bertz CT molecular complexity index is 452. The number of hydrogen-bond donors (Lipinski definition) is 2. The van der Waals surface area contributed by atoms with E-state index in [2.05, 4.69) is 0 Å². The summed E-state index contributed by atoms with van der Waals surface area (Å²) in [6.07, 6.45) is 0. The van der Waals surface area contributed by atoms with Gasteiger partial charge in [-0.15, -0.1) is 0 Å². The molecule has 0 amide bonds. The Morgan fingerprint density at radius 2 is 1.59 bits per heavy atom. The molecule has 0 aliphatic heterocycles. The van der Waals surface area contributed by atoms with E-state index in [-0.39, 0.29) is 5.75 Å². The minimum absolute atomic E-state index is 0.218. The van der Waals surface area contributed by atoms with E-state index in [1.807, 2.05) is 26.0 Å². The van der Waals surface area contributed by atoms with E-state index < -0.39 is 0 Å². The third-order valence-corrected chi connectivity index (χ3v) is 1.93. The maximum Gasteiger partial charge on any atom is 0.129 e. The number of anilines is 1. The van der Waals surface area contributed by atoms with Crippen LogP contribution < -0.4 is 10.5 Å². The maximum atomic E-state index is 9.09. The van der Waals surface area contributed by atoms with Gasteiger partial charge in [0.15, 0.2) is 0 Å². The van der Waals surface area contributed by atoms with Gasteiger partial charge in [0.05, 0.1) is 0 Å². The van der Waals surface area contributed by atoms with Crippen LogP contribution in [0.4, 0.5) is 5.69 Å². The molecule has 0 saturated heterocycles. The molecule has 90 valence electrons. The van der Waals surface area contributed by atoms with Gasteiger partial charge >= 0.3 is 0 Å². The van der Waals surface area contributed by atoms with Gasteiger partial charge in [0, 0.05) is 11.8 Å². The molecule has 2 aromatic rings. The van der Waals surface area contributed by atoms with Crippen LogP contribution in [-0.4, -0.2) is 5.11 Å². The average Bonchev–Trinajstić information content (AvgIpc) is 2.35. The highest BCUT2D eigenvalue weighted by atomic mass is 16.5. The third-order valence-electron chi connectivity index (χ3n) is 1.93. The van der Waals surface area contributed by atoms with Gasteiger partial charge < -0.3 is 15.6 Å². The van der Waals surface area contributed by atoms with Crippen molar-refractivity contribution in [2.45, 2.75) is 13.8 Å². The lowest BCUT2D eigenvalue weighted by molar-refractivity contribution is 0.464. The van der Waals surface area contributed by atoms with E-state index in [1.54, 1.807) is 36.4 Å². The van der Waals surface area contributed by atoms with Crippen molar-refractivity contribution in [2.75, 3.05) is 5.73 Å². The Kier molecular flexibility index (Phi) is 4.88. The normalized spacial score (nSPS) is 9.06. The minimum Gasteiger partial charge on any atom is -0.508 e. The molecule has 0 unspecified atom stereocenters. The van der Waals surface area contributed by atoms with Crippen LogP contribution in [0.1, 0.15) is 13.8 Å². The zero-order valence-corrected chi connectivity index (χ0v) is 10.1. The third kappa shape index (κ3) is 4.07. The first-order chi connectivity index (χ1) is 8.24. The molecule has 0 atom stereocenters. The Morgan fingerprint density at radius 1 is 0.941 bits per heavy atom. The number of nitrogen functional groups attached to an aromatic ring is 1. The first-order valence-corrected chi connectivity index (χ1v) is 5.56. The fraction of sp³-hybridized carbons (Fsp3) is 0.143. The van der Waals surface area contributed by atoms with E-state index in [0.29, 0.717) is 17.2 Å². The van der Waals surface area contributed by atoms with Crippen molar-refractivity contribution in [3.8, 4) is 17.2 Å². The van der Waals surface area contributed by atoms with E-state index in [0.717, 1.165) is 0 Å². The molecule has 17 heavy (non-hydrogen) atoms. The lowest BCUT2D eigenvalue weighted by Crippen LogP contribution is -1.87. The van der Waals surface area contributed by atoms with Gasteiger partial charge in [0.2, 0.25) is 0 Å². The summed E-state index contributed by atoms with van der Waals surface area (Å²) in [6, 6.07) is 13.7. The molecule has 2 aromatic carbocycles. The fourth-order valence-corrected chi connectivity index (χ4v) is 1.23. The van der Waals surface area contributed by atoms with E-state index in [9.17, 15) is 0 Å². The maximum absolute atomic E-state index is 9.09. The van der Waals surface area contributed by atoms with Gasteiger partial charge in [-0.2, -0.15) is 0 Å². The molecule has 0 aliphatic carbocycles. The van der Waals surface area contributed by atoms with Crippen LogP contribution in [0.3, 0.4) is 0 Å². The van der Waals surface area contributed by atoms with Gasteiger partial charge in [-0.25, -0.2) is 0 Å². The number of aromatic hydroxyl groups is 1. The summed E-state index contributed by atoms with van der Waals surface area (Å²) < 4.78 is 5.52. The molecular weight excluding hydrogens is 214 g/mol. The second-order valence-electron chi connectivity index (χ2n) is 3.17. The molecule has 0 aliphatic rings. The molecule has 0 aromatic heterocycles. The predicted octanol–water partition coefficient (Wildman–Crippen LogP) is 3.79. The highest BCUT2D eigenvalue weighted by Gasteiger charge is 1.97. The first kappa shape index (κ1) is 12.9. The van der Waals surface area contributed by atoms with Crippen molar-refractivity contribution >= 4 is 5.69 Å². The van der Waals surface area contributed by atoms with Gasteiger partial charge in [-0.1, -0.05) is 19.9 Å². The molecule has 3 nitrogen and oxygen atoms in total. The molecule has 0 heterocycles. The highest BCUT2D eigenvalue weighted by molar-refractivity contribution is 5.45. The number of ether oxygens (including phenoxy) is 1. The summed E-state index contributed by atoms with van der Waals surface area (Å²) in [4.78, 5) is 0. The number of rotatable bonds is 2. The largest absolute Gasteiger partial charge is 0.508 e. The zero-order chi connectivity index (χ0) is 12.7. The number of benzene rings is 2. The Hall–Kier alpha value is -2.16. The topological polar surface area (TPSA) is 55.5 Å². The van der Waals surface area contributed by atoms with Crippen molar-refractivity contribution in [2.24, 2.45) is 0 Å². The second kappa shape index (κ2) is 6.43. The van der Waals surface area contributed by atoms with Crippen LogP contribution in [0.15, 0.2) is 48.5 Å². The van der Waals surface area contributed by atoms with Crippen LogP contribution in [0.5, 0.6) is 17.2 Å². The van der Waals surface area contributed by atoms with Crippen LogP contribution in [0.25, 0.3) is 0 Å². The smallest absolute Gasteiger partial charge is 0.129 e. The molecule has 0 bridgehead atoms. The summed E-state index contributed by atoms with van der Waals surface area (Å²) in [5.41, 5.74) is 6.27. The molecule has 0 radical (unpaired) electrons. The molecule has 0 spiro atoms. The number of hydrogen-bond acceptors (Lipinski definition) is 3. The zero-order valence-electron chi connectivity index (χ0n) is 10.1. The first-order valence-electron chi connectivity index (χ1n) is 5.56. The average molecular weight is 231 g/mol. The van der Waals surface area contributed by atoms with E-state index in [1.165, 1.54) is 0 Å². The van der Waals surface area contributed by atoms with Crippen LogP contribution in [0.2, 0.25) is 0 Å². The van der Waals surface area contributed by atoms with Crippen LogP contribution in [-0.2, 0) is 0 Å². The van der Waals surface area contributed by atoms with Crippen molar-refractivity contribution in [1.82, 2.24) is 0 Å². The summed E-state index contributed by atoms with van der Waals surface area (Å²) in [5, 5.41) is 9.09. The quantitative estimate of drug-likeness (QED) is 0.773. The Morgan fingerprint density at radius 3 is 2.18 bits per heavy atom. The number of nitrogens with two attached hydrogens (primary N) is 1. The lowest BCUT2D eigenvalue weighted by atomic mass is 10.3. The van der Waals surface area contributed by atoms with Crippen LogP contribution >= 0.6 is 0 Å². The molecule has 2 rings (SSSR count). The summed E-state index contributed by atoms with van der Waals surface area (Å²) in [6.45, 7) is 4.00. The number of phenolic OH excluding ortho intramolecular Hbond substituents is 1. The van der Waals surface area contributed by atoms with Crippen molar-refractivity contribution in [1.29, 1.82) is 0 Å². The van der Waals surface area contributed by atoms with Crippen molar-refractivity contribution in [3.63, 3.8) is 0 Å². The predicted molar refractivity (Wildman–Crippen MR) is 70.4 cm³/mol.